The van der Waals surface area contributed by atoms with Gasteiger partial charge < -0.3 is 14.6 Å². The fourth-order valence-electron chi connectivity index (χ4n) is 2.24. The number of ether oxygens (including phenoxy) is 2. The molecule has 0 heterocycles. The first-order valence-electron chi connectivity index (χ1n) is 7.68. The maximum absolute atomic E-state index is 14.4. The van der Waals surface area contributed by atoms with Gasteiger partial charge in [0.05, 0.1) is 6.61 Å². The second kappa shape index (κ2) is 7.76. The van der Waals surface area contributed by atoms with E-state index in [1.807, 2.05) is 0 Å². The Bertz CT molecular complexity index is 392. The lowest BCUT2D eigenvalue weighted by Crippen LogP contribution is -2.49. The first kappa shape index (κ1) is 18.7. The second-order valence-corrected chi connectivity index (χ2v) is 6.59. The number of halogens is 1. The van der Waals surface area contributed by atoms with Gasteiger partial charge in [0.15, 0.2) is 6.10 Å². The summed E-state index contributed by atoms with van der Waals surface area (Å²) in [6, 6.07) is -1.29. The Hall–Kier alpha value is -1.37. The van der Waals surface area contributed by atoms with E-state index >= 15 is 0 Å². The average Bonchev–Trinajstić information content (AvgIpc) is 2.34. The van der Waals surface area contributed by atoms with Crippen molar-refractivity contribution in [3.63, 3.8) is 0 Å². The molecule has 2 atom stereocenters. The highest BCUT2D eigenvalue weighted by Gasteiger charge is 2.40. The van der Waals surface area contributed by atoms with E-state index in [-0.39, 0.29) is 24.1 Å². The van der Waals surface area contributed by atoms with E-state index in [1.165, 1.54) is 0 Å². The quantitative estimate of drug-likeness (QED) is 0.601. The molecule has 22 heavy (non-hydrogen) atoms. The molecule has 0 aromatic heterocycles. The molecule has 0 aromatic rings. The van der Waals surface area contributed by atoms with E-state index in [9.17, 15) is 19.2 Å². The summed E-state index contributed by atoms with van der Waals surface area (Å²) in [6.07, 6.45) is 0.0993. The van der Waals surface area contributed by atoms with Crippen LogP contribution in [-0.4, -0.2) is 46.6 Å². The maximum atomic E-state index is 14.4. The number of hydrogen-bond donors (Lipinski definition) is 1. The molecule has 0 aliphatic heterocycles. The van der Waals surface area contributed by atoms with Gasteiger partial charge in [-0.2, -0.15) is 0 Å². The maximum Gasteiger partial charge on any atom is 0.439 e. The molecular weight excluding hydrogens is 293 g/mol. The third-order valence-corrected chi connectivity index (χ3v) is 3.55. The van der Waals surface area contributed by atoms with E-state index in [0.29, 0.717) is 0 Å². The molecule has 1 saturated carbocycles. The zero-order chi connectivity index (χ0) is 16.9. The molecule has 0 saturated heterocycles. The van der Waals surface area contributed by atoms with Crippen LogP contribution in [0.1, 0.15) is 53.4 Å². The summed E-state index contributed by atoms with van der Waals surface area (Å²) in [5.74, 6) is -0.743. The van der Waals surface area contributed by atoms with Gasteiger partial charge in [-0.25, -0.2) is 9.59 Å². The molecule has 1 aliphatic carbocycles. The molecule has 0 spiro atoms. The summed E-state index contributed by atoms with van der Waals surface area (Å²) >= 11 is 0. The third-order valence-electron chi connectivity index (χ3n) is 3.55. The minimum Gasteiger partial charge on any atom is -0.464 e. The average molecular weight is 319 g/mol. The molecule has 1 fully saturated rings. The predicted molar refractivity (Wildman–Crippen MR) is 77.6 cm³/mol. The fraction of sp³-hybridized carbons (Fsp3) is 0.867. The largest absolute Gasteiger partial charge is 0.464 e. The van der Waals surface area contributed by atoms with Crippen molar-refractivity contribution in [2.45, 2.75) is 71.1 Å². The van der Waals surface area contributed by atoms with Crippen molar-refractivity contribution in [3.05, 3.63) is 0 Å². The number of esters is 1. The third kappa shape index (κ3) is 5.44. The molecule has 0 aromatic carbocycles. The lowest BCUT2D eigenvalue weighted by Gasteiger charge is -2.34. The van der Waals surface area contributed by atoms with Gasteiger partial charge in [0.2, 0.25) is 0 Å². The molecule has 128 valence electrons. The summed E-state index contributed by atoms with van der Waals surface area (Å²) in [6.45, 7) is 6.50. The number of amides is 1. The summed E-state index contributed by atoms with van der Waals surface area (Å²) in [4.78, 5) is 23.5. The molecule has 6 nitrogen and oxygen atoms in total. The molecule has 1 N–H and O–H groups in total. The number of carbonyl (C=O) groups is 2. The summed E-state index contributed by atoms with van der Waals surface area (Å²) in [5.41, 5.74) is -0.864. The first-order chi connectivity index (χ1) is 10.2. The van der Waals surface area contributed by atoms with Gasteiger partial charge >= 0.3 is 12.1 Å². The van der Waals surface area contributed by atoms with Crippen molar-refractivity contribution in [2.75, 3.05) is 6.61 Å². The molecule has 0 radical (unpaired) electrons. The van der Waals surface area contributed by atoms with E-state index in [1.54, 1.807) is 27.7 Å². The second-order valence-electron chi connectivity index (χ2n) is 6.59. The van der Waals surface area contributed by atoms with E-state index in [4.69, 9.17) is 9.47 Å². The molecule has 2 unspecified atom stereocenters. The Labute approximate surface area is 130 Å². The number of aliphatic hydroxyl groups excluding tert-OH is 1. The number of rotatable bonds is 6. The number of hydrogen-bond acceptors (Lipinski definition) is 5. The standard InChI is InChI=1S/C15H26FNO5/c1-5-21-13(19)12(18)11(9-10-7-6-8-10)17(16)14(20)22-15(2,3)4/h10-12,18H,5-9H2,1-4H3. The highest BCUT2D eigenvalue weighted by atomic mass is 19.2. The van der Waals surface area contributed by atoms with Gasteiger partial charge in [0.1, 0.15) is 11.6 Å². The lowest BCUT2D eigenvalue weighted by molar-refractivity contribution is -0.162. The van der Waals surface area contributed by atoms with Crippen LogP contribution in [0.15, 0.2) is 0 Å². The molecular formula is C15H26FNO5. The van der Waals surface area contributed by atoms with Gasteiger partial charge in [-0.1, -0.05) is 23.7 Å². The Morgan fingerprint density at radius 1 is 1.36 bits per heavy atom. The van der Waals surface area contributed by atoms with Gasteiger partial charge in [-0.3, -0.25) is 0 Å². The lowest BCUT2D eigenvalue weighted by atomic mass is 9.80. The van der Waals surface area contributed by atoms with E-state index in [2.05, 4.69) is 0 Å². The molecule has 1 rings (SSSR count). The van der Waals surface area contributed by atoms with Crippen LogP contribution >= 0.6 is 0 Å². The van der Waals surface area contributed by atoms with Crippen molar-refractivity contribution in [3.8, 4) is 0 Å². The summed E-state index contributed by atoms with van der Waals surface area (Å²) in [7, 11) is 0. The smallest absolute Gasteiger partial charge is 0.439 e. The molecule has 1 aliphatic rings. The van der Waals surface area contributed by atoms with Gasteiger partial charge in [-0.05, 0) is 40.0 Å². The highest BCUT2D eigenvalue weighted by Crippen LogP contribution is 2.33. The van der Waals surface area contributed by atoms with Gasteiger partial charge in [0.25, 0.3) is 0 Å². The van der Waals surface area contributed by atoms with Gasteiger partial charge in [-0.15, -0.1) is 5.12 Å². The zero-order valence-electron chi connectivity index (χ0n) is 13.7. The molecule has 1 amide bonds. The number of aliphatic hydroxyl groups is 1. The van der Waals surface area contributed by atoms with E-state index < -0.39 is 29.8 Å². The molecule has 7 heteroatoms. The van der Waals surface area contributed by atoms with Crippen LogP contribution in [0.3, 0.4) is 0 Å². The Morgan fingerprint density at radius 3 is 2.36 bits per heavy atom. The van der Waals surface area contributed by atoms with Crippen molar-refractivity contribution in [2.24, 2.45) is 5.92 Å². The monoisotopic (exact) mass is 319 g/mol. The minimum atomic E-state index is -1.72. The van der Waals surface area contributed by atoms with Crippen LogP contribution in [-0.2, 0) is 14.3 Å². The van der Waals surface area contributed by atoms with Crippen LogP contribution < -0.4 is 0 Å². The summed E-state index contributed by atoms with van der Waals surface area (Å²) in [5, 5.41) is 9.86. The fourth-order valence-corrected chi connectivity index (χ4v) is 2.24. The van der Waals surface area contributed by atoms with Gasteiger partial charge in [0, 0.05) is 0 Å². The van der Waals surface area contributed by atoms with Crippen LogP contribution in [0.25, 0.3) is 0 Å². The highest BCUT2D eigenvalue weighted by molar-refractivity contribution is 5.76. The van der Waals surface area contributed by atoms with Crippen LogP contribution in [0, 0.1) is 5.92 Å². The van der Waals surface area contributed by atoms with Crippen LogP contribution in [0.2, 0.25) is 0 Å². The van der Waals surface area contributed by atoms with Crippen molar-refractivity contribution in [1.82, 2.24) is 5.12 Å². The molecule has 0 bridgehead atoms. The number of carbonyl (C=O) groups excluding carboxylic acids is 2. The zero-order valence-corrected chi connectivity index (χ0v) is 13.7. The summed E-state index contributed by atoms with van der Waals surface area (Å²) < 4.78 is 24.0. The van der Waals surface area contributed by atoms with Crippen LogP contribution in [0.4, 0.5) is 9.28 Å². The van der Waals surface area contributed by atoms with Crippen molar-refractivity contribution in [1.29, 1.82) is 0 Å². The predicted octanol–water partition coefficient (Wildman–Crippen LogP) is 2.59. The van der Waals surface area contributed by atoms with Crippen LogP contribution in [0.5, 0.6) is 0 Å². The Balaban J connectivity index is 2.78. The Morgan fingerprint density at radius 2 is 1.95 bits per heavy atom. The first-order valence-corrected chi connectivity index (χ1v) is 7.68. The Kier molecular flexibility index (Phi) is 6.59. The van der Waals surface area contributed by atoms with Crippen molar-refractivity contribution >= 4 is 12.1 Å². The number of nitrogens with zero attached hydrogens (tertiary/aromatic N) is 1. The SMILES string of the molecule is CCOC(=O)C(O)C(CC1CCC1)N(F)C(=O)OC(C)(C)C. The topological polar surface area (TPSA) is 76.1 Å². The normalized spacial score (nSPS) is 18.1. The minimum absolute atomic E-state index is 0.0742. The van der Waals surface area contributed by atoms with E-state index in [0.717, 1.165) is 19.3 Å². The van der Waals surface area contributed by atoms with Crippen molar-refractivity contribution < 1.29 is 28.7 Å².